The minimum Gasteiger partial charge on any atom is -0.277 e. The van der Waals surface area contributed by atoms with E-state index in [1.165, 1.54) is 0 Å². The molecule has 0 amide bonds. The van der Waals surface area contributed by atoms with Gasteiger partial charge in [0.15, 0.2) is 0 Å². The second kappa shape index (κ2) is 6.72. The van der Waals surface area contributed by atoms with Gasteiger partial charge in [0.05, 0.1) is 11.4 Å². The molecular weight excluding hydrogens is 330 g/mol. The molecule has 1 N–H and O–H groups in total. The van der Waals surface area contributed by atoms with Crippen LogP contribution in [0.3, 0.4) is 0 Å². The van der Waals surface area contributed by atoms with Crippen molar-refractivity contribution in [2.24, 2.45) is 10.2 Å². The first-order valence-corrected chi connectivity index (χ1v) is 9.13. The third-order valence-electron chi connectivity index (χ3n) is 2.94. The summed E-state index contributed by atoms with van der Waals surface area (Å²) in [6, 6.07) is 19.4. The zero-order valence-electron chi connectivity index (χ0n) is 12.0. The highest BCUT2D eigenvalue weighted by molar-refractivity contribution is 7.94. The average Bonchev–Trinajstić information content (AvgIpc) is 3.10. The highest BCUT2D eigenvalue weighted by Gasteiger charge is 2.16. The quantitative estimate of drug-likeness (QED) is 0.665. The highest BCUT2D eigenvalue weighted by atomic mass is 32.2. The van der Waals surface area contributed by atoms with Crippen molar-refractivity contribution in [2.75, 3.05) is 4.72 Å². The van der Waals surface area contributed by atoms with Gasteiger partial charge in [-0.1, -0.05) is 36.4 Å². The highest BCUT2D eigenvalue weighted by Crippen LogP contribution is 2.29. The Bertz CT molecular complexity index is 906. The molecule has 0 aliphatic rings. The van der Waals surface area contributed by atoms with Crippen LogP contribution in [0.4, 0.5) is 17.1 Å². The van der Waals surface area contributed by atoms with Crippen LogP contribution in [0.15, 0.2) is 86.5 Å². The summed E-state index contributed by atoms with van der Waals surface area (Å²) < 4.78 is 27.4. The number of benzene rings is 2. The fourth-order valence-electron chi connectivity index (χ4n) is 1.86. The van der Waals surface area contributed by atoms with Crippen LogP contribution in [-0.2, 0) is 10.0 Å². The number of anilines is 1. The number of para-hydroxylation sites is 1. The van der Waals surface area contributed by atoms with E-state index in [1.54, 1.807) is 41.8 Å². The molecule has 7 heteroatoms. The minimum atomic E-state index is -3.61. The smallest absolute Gasteiger partial charge is 0.271 e. The maximum Gasteiger partial charge on any atom is 0.271 e. The maximum atomic E-state index is 12.3. The molecule has 0 fully saturated rings. The molecule has 1 aromatic heterocycles. The van der Waals surface area contributed by atoms with Crippen molar-refractivity contribution in [3.8, 4) is 0 Å². The molecule has 23 heavy (non-hydrogen) atoms. The predicted molar refractivity (Wildman–Crippen MR) is 92.2 cm³/mol. The topological polar surface area (TPSA) is 70.9 Å². The Labute approximate surface area is 138 Å². The summed E-state index contributed by atoms with van der Waals surface area (Å²) in [4.78, 5) is 0. The van der Waals surface area contributed by atoms with E-state index >= 15 is 0 Å². The molecule has 116 valence electrons. The van der Waals surface area contributed by atoms with E-state index in [4.69, 9.17) is 0 Å². The molecule has 0 spiro atoms. The minimum absolute atomic E-state index is 0.257. The van der Waals surface area contributed by atoms with Crippen LogP contribution in [0.1, 0.15) is 0 Å². The van der Waals surface area contributed by atoms with Gasteiger partial charge in [-0.25, -0.2) is 8.42 Å². The Kier molecular flexibility index (Phi) is 4.50. The first-order chi connectivity index (χ1) is 11.1. The molecule has 0 unspecified atom stereocenters. The number of thiophene rings is 1. The molecular formula is C16H13N3O2S2. The largest absolute Gasteiger partial charge is 0.277 e. The summed E-state index contributed by atoms with van der Waals surface area (Å²) in [6.07, 6.45) is 0. The molecule has 0 bridgehead atoms. The lowest BCUT2D eigenvalue weighted by Gasteiger charge is -2.08. The molecule has 0 atom stereocenters. The number of rotatable bonds is 5. The van der Waals surface area contributed by atoms with Crippen molar-refractivity contribution in [3.05, 3.63) is 72.1 Å². The summed E-state index contributed by atoms with van der Waals surface area (Å²) in [5, 5.41) is 9.98. The van der Waals surface area contributed by atoms with E-state index in [-0.39, 0.29) is 4.21 Å². The SMILES string of the molecule is O=S(=O)(Nc1ccccc1N=Nc1ccccc1)c1cccs1. The molecule has 0 aliphatic heterocycles. The normalized spacial score (nSPS) is 11.7. The van der Waals surface area contributed by atoms with Gasteiger partial charge in [0.25, 0.3) is 10.0 Å². The van der Waals surface area contributed by atoms with Crippen molar-refractivity contribution in [1.29, 1.82) is 0 Å². The first-order valence-electron chi connectivity index (χ1n) is 6.77. The second-order valence-electron chi connectivity index (χ2n) is 4.59. The molecule has 3 aromatic rings. The van der Waals surface area contributed by atoms with Gasteiger partial charge in [-0.15, -0.1) is 16.5 Å². The fraction of sp³-hybridized carbons (Fsp3) is 0. The van der Waals surface area contributed by atoms with E-state index in [1.807, 2.05) is 30.3 Å². The Balaban J connectivity index is 1.88. The van der Waals surface area contributed by atoms with Crippen molar-refractivity contribution in [3.63, 3.8) is 0 Å². The summed E-state index contributed by atoms with van der Waals surface area (Å²) in [7, 11) is -3.61. The fourth-order valence-corrected chi connectivity index (χ4v) is 3.93. The van der Waals surface area contributed by atoms with E-state index in [0.717, 1.165) is 11.3 Å². The van der Waals surface area contributed by atoms with Gasteiger partial charge >= 0.3 is 0 Å². The lowest BCUT2D eigenvalue weighted by Crippen LogP contribution is -2.11. The van der Waals surface area contributed by atoms with Crippen LogP contribution in [0.2, 0.25) is 0 Å². The molecule has 0 radical (unpaired) electrons. The number of hydrogen-bond acceptors (Lipinski definition) is 5. The van der Waals surface area contributed by atoms with Crippen molar-refractivity contribution < 1.29 is 8.42 Å². The lowest BCUT2D eigenvalue weighted by atomic mass is 10.3. The molecule has 2 aromatic carbocycles. The number of nitrogens with one attached hydrogen (secondary N) is 1. The zero-order chi connectivity index (χ0) is 16.1. The third kappa shape index (κ3) is 3.82. The van der Waals surface area contributed by atoms with Gasteiger partial charge in [-0.2, -0.15) is 5.11 Å². The molecule has 3 rings (SSSR count). The Morgan fingerprint density at radius 3 is 2.30 bits per heavy atom. The number of hydrogen-bond donors (Lipinski definition) is 1. The maximum absolute atomic E-state index is 12.3. The summed E-state index contributed by atoms with van der Waals surface area (Å²) in [5.74, 6) is 0. The van der Waals surface area contributed by atoms with Gasteiger partial charge in [-0.05, 0) is 35.7 Å². The van der Waals surface area contributed by atoms with Crippen LogP contribution >= 0.6 is 11.3 Å². The van der Waals surface area contributed by atoms with Gasteiger partial charge in [0, 0.05) is 0 Å². The number of nitrogens with zero attached hydrogens (tertiary/aromatic N) is 2. The van der Waals surface area contributed by atoms with Crippen LogP contribution < -0.4 is 4.72 Å². The monoisotopic (exact) mass is 343 g/mol. The van der Waals surface area contributed by atoms with Gasteiger partial charge in [0.2, 0.25) is 0 Å². The van der Waals surface area contributed by atoms with Crippen LogP contribution in [0.5, 0.6) is 0 Å². The van der Waals surface area contributed by atoms with Crippen LogP contribution in [0, 0.1) is 0 Å². The van der Waals surface area contributed by atoms with Crippen molar-refractivity contribution in [2.45, 2.75) is 4.21 Å². The predicted octanol–water partition coefficient (Wildman–Crippen LogP) is 4.96. The van der Waals surface area contributed by atoms with Gasteiger partial charge in [0.1, 0.15) is 9.90 Å². The molecule has 0 saturated heterocycles. The Morgan fingerprint density at radius 2 is 1.57 bits per heavy atom. The number of azo groups is 1. The first kappa shape index (κ1) is 15.4. The van der Waals surface area contributed by atoms with E-state index < -0.39 is 10.0 Å². The van der Waals surface area contributed by atoms with Gasteiger partial charge in [-0.3, -0.25) is 4.72 Å². The van der Waals surface area contributed by atoms with Crippen molar-refractivity contribution >= 4 is 38.4 Å². The summed E-state index contributed by atoms with van der Waals surface area (Å²) in [6.45, 7) is 0. The Hall–Kier alpha value is -2.51. The molecule has 5 nitrogen and oxygen atoms in total. The lowest BCUT2D eigenvalue weighted by molar-refractivity contribution is 0.603. The third-order valence-corrected chi connectivity index (χ3v) is 5.70. The second-order valence-corrected chi connectivity index (χ2v) is 7.45. The molecule has 1 heterocycles. The van der Waals surface area contributed by atoms with E-state index in [9.17, 15) is 8.42 Å². The van der Waals surface area contributed by atoms with Crippen LogP contribution in [0.25, 0.3) is 0 Å². The van der Waals surface area contributed by atoms with E-state index in [2.05, 4.69) is 15.0 Å². The number of sulfonamides is 1. The molecule has 0 aliphatic carbocycles. The Morgan fingerprint density at radius 1 is 0.826 bits per heavy atom. The van der Waals surface area contributed by atoms with E-state index in [0.29, 0.717) is 17.1 Å². The summed E-state index contributed by atoms with van der Waals surface area (Å²) >= 11 is 1.16. The zero-order valence-corrected chi connectivity index (χ0v) is 13.6. The summed E-state index contributed by atoms with van der Waals surface area (Å²) in [5.41, 5.74) is 1.54. The molecule has 0 saturated carbocycles. The van der Waals surface area contributed by atoms with Crippen LogP contribution in [-0.4, -0.2) is 8.42 Å². The standard InChI is InChI=1S/C16H13N3O2S2/c20-23(21,16-11-6-12-22-16)19-15-10-5-4-9-14(15)18-17-13-7-2-1-3-8-13/h1-12,19H. The van der Waals surface area contributed by atoms with Gasteiger partial charge < -0.3 is 0 Å². The average molecular weight is 343 g/mol. The van der Waals surface area contributed by atoms with Crippen molar-refractivity contribution in [1.82, 2.24) is 0 Å².